The third-order valence-corrected chi connectivity index (χ3v) is 7.56. The maximum Gasteiger partial charge on any atom is 0.416 e. The van der Waals surface area contributed by atoms with Crippen molar-refractivity contribution in [1.82, 2.24) is 4.98 Å². The smallest absolute Gasteiger partial charge is 0.416 e. The molecule has 0 unspecified atom stereocenters. The number of benzene rings is 3. The number of methoxy groups -OCH3 is 1. The number of pyridine rings is 1. The zero-order valence-electron chi connectivity index (χ0n) is 24.5. The average molecular weight is 616 g/mol. The van der Waals surface area contributed by atoms with Gasteiger partial charge in [-0.15, -0.1) is 0 Å². The Morgan fingerprint density at radius 2 is 1.62 bits per heavy atom. The highest BCUT2D eigenvalue weighted by molar-refractivity contribution is 6.08. The molecule has 3 aromatic carbocycles. The minimum atomic E-state index is -4.59. The van der Waals surface area contributed by atoms with E-state index in [4.69, 9.17) is 4.74 Å². The van der Waals surface area contributed by atoms with Crippen LogP contribution in [0.15, 0.2) is 72.8 Å². The van der Waals surface area contributed by atoms with E-state index < -0.39 is 29.4 Å². The minimum absolute atomic E-state index is 0.0289. The van der Waals surface area contributed by atoms with Crippen LogP contribution in [-0.2, 0) is 10.9 Å². The van der Waals surface area contributed by atoms with E-state index in [9.17, 15) is 27.2 Å². The highest BCUT2D eigenvalue weighted by Crippen LogP contribution is 2.34. The van der Waals surface area contributed by atoms with E-state index in [-0.39, 0.29) is 39.3 Å². The van der Waals surface area contributed by atoms with Crippen molar-refractivity contribution in [1.29, 1.82) is 0 Å². The number of nitrogens with one attached hydrogen (secondary N) is 2. The monoisotopic (exact) mass is 615 g/mol. The topological polar surface area (TPSA) is 80.3 Å². The van der Waals surface area contributed by atoms with Gasteiger partial charge in [0, 0.05) is 23.0 Å². The Balaban J connectivity index is 1.52. The van der Waals surface area contributed by atoms with Gasteiger partial charge in [-0.05, 0) is 79.8 Å². The number of halogens is 4. The fraction of sp³-hybridized carbons (Fsp3) is 0.229. The number of esters is 1. The lowest BCUT2D eigenvalue weighted by molar-refractivity contribution is -0.138. The van der Waals surface area contributed by atoms with Crippen LogP contribution in [0.1, 0.15) is 68.8 Å². The zero-order chi connectivity index (χ0) is 32.1. The Hall–Kier alpha value is -5.17. The van der Waals surface area contributed by atoms with Crippen molar-refractivity contribution in [3.05, 3.63) is 112 Å². The molecule has 1 fully saturated rings. The van der Waals surface area contributed by atoms with Gasteiger partial charge in [0.05, 0.1) is 35.1 Å². The molecular formula is C35H29F4N3O3. The number of carbonyl (C=O) groups is 2. The molecule has 230 valence electrons. The number of aryl methyl sites for hydroxylation is 1. The maximum atomic E-state index is 14.6. The Bertz CT molecular complexity index is 1800. The number of aromatic nitrogens is 1. The molecule has 4 aromatic rings. The molecule has 1 aliphatic rings. The highest BCUT2D eigenvalue weighted by Gasteiger charge is 2.32. The molecule has 0 aliphatic heterocycles. The molecule has 10 heteroatoms. The van der Waals surface area contributed by atoms with E-state index in [1.165, 1.54) is 69.3 Å². The van der Waals surface area contributed by atoms with Crippen LogP contribution in [0.25, 0.3) is 11.3 Å². The van der Waals surface area contributed by atoms with Gasteiger partial charge in [-0.2, -0.15) is 13.2 Å². The van der Waals surface area contributed by atoms with Gasteiger partial charge in [0.2, 0.25) is 0 Å². The van der Waals surface area contributed by atoms with Crippen molar-refractivity contribution >= 4 is 23.3 Å². The number of anilines is 2. The molecule has 1 aliphatic carbocycles. The molecule has 0 bridgehead atoms. The number of amides is 1. The van der Waals surface area contributed by atoms with E-state index in [1.54, 1.807) is 12.1 Å². The van der Waals surface area contributed by atoms with E-state index in [2.05, 4.69) is 27.5 Å². The number of hydrogen-bond donors (Lipinski definition) is 2. The van der Waals surface area contributed by atoms with Crippen LogP contribution in [0.3, 0.4) is 0 Å². The highest BCUT2D eigenvalue weighted by atomic mass is 19.4. The van der Waals surface area contributed by atoms with Crippen molar-refractivity contribution in [3.8, 4) is 23.1 Å². The molecule has 0 spiro atoms. The number of nitrogens with zero attached hydrogens (tertiary/aromatic N) is 1. The second kappa shape index (κ2) is 13.2. The summed E-state index contributed by atoms with van der Waals surface area (Å²) in [5.41, 5.74) is 0.866. The van der Waals surface area contributed by atoms with Crippen LogP contribution >= 0.6 is 0 Å². The Morgan fingerprint density at radius 3 is 2.31 bits per heavy atom. The molecule has 5 rings (SSSR count). The summed E-state index contributed by atoms with van der Waals surface area (Å²) in [6.45, 7) is 1.34. The number of hydrogen-bond acceptors (Lipinski definition) is 5. The van der Waals surface area contributed by atoms with Crippen molar-refractivity contribution in [2.75, 3.05) is 17.7 Å². The predicted octanol–water partition coefficient (Wildman–Crippen LogP) is 8.01. The third-order valence-electron chi connectivity index (χ3n) is 7.56. The van der Waals surface area contributed by atoms with Gasteiger partial charge in [0.1, 0.15) is 11.5 Å². The van der Waals surface area contributed by atoms with Gasteiger partial charge in [0.15, 0.2) is 0 Å². The summed E-state index contributed by atoms with van der Waals surface area (Å²) in [5, 5.41) is 6.05. The standard InChI is InChI=1S/C35H29F4N3O3/c1-21-10-13-26(20-30(21)35(37,38)39)42-33(43)29-19-17-25(16-18-27-28(34(44)45-2)8-5-9-31(27)36)41-32(29)22-11-14-24(15-12-22)40-23-6-3-4-7-23/h5,8-15,17,19-20,23,40H,3-4,6-7H2,1-2H3,(H,42,43). The molecule has 1 heterocycles. The molecule has 0 atom stereocenters. The van der Waals surface area contributed by atoms with E-state index in [0.29, 0.717) is 11.6 Å². The fourth-order valence-electron chi connectivity index (χ4n) is 5.22. The van der Waals surface area contributed by atoms with Crippen molar-refractivity contribution in [2.24, 2.45) is 0 Å². The first-order valence-corrected chi connectivity index (χ1v) is 14.3. The van der Waals surface area contributed by atoms with Crippen LogP contribution in [-0.4, -0.2) is 30.0 Å². The van der Waals surface area contributed by atoms with Gasteiger partial charge in [-0.25, -0.2) is 14.2 Å². The number of alkyl halides is 3. The molecule has 0 saturated heterocycles. The molecule has 0 radical (unpaired) electrons. The lowest BCUT2D eigenvalue weighted by Gasteiger charge is -2.15. The van der Waals surface area contributed by atoms with Crippen molar-refractivity contribution in [3.63, 3.8) is 0 Å². The largest absolute Gasteiger partial charge is 0.465 e. The summed E-state index contributed by atoms with van der Waals surface area (Å²) in [6, 6.07) is 18.1. The van der Waals surface area contributed by atoms with E-state index >= 15 is 0 Å². The van der Waals surface area contributed by atoms with Gasteiger partial charge in [-0.1, -0.05) is 43.0 Å². The third kappa shape index (κ3) is 7.32. The Kier molecular flexibility index (Phi) is 9.18. The van der Waals surface area contributed by atoms with Gasteiger partial charge in [0.25, 0.3) is 5.91 Å². The summed E-state index contributed by atoms with van der Waals surface area (Å²) in [5.74, 6) is 3.26. The van der Waals surface area contributed by atoms with Crippen molar-refractivity contribution in [2.45, 2.75) is 44.8 Å². The molecule has 45 heavy (non-hydrogen) atoms. The van der Waals surface area contributed by atoms with Gasteiger partial charge in [-0.3, -0.25) is 4.79 Å². The average Bonchev–Trinajstić information content (AvgIpc) is 3.53. The normalized spacial score (nSPS) is 13.1. The summed E-state index contributed by atoms with van der Waals surface area (Å²) < 4.78 is 59.9. The Morgan fingerprint density at radius 1 is 0.911 bits per heavy atom. The van der Waals surface area contributed by atoms with E-state index in [0.717, 1.165) is 24.6 Å². The predicted molar refractivity (Wildman–Crippen MR) is 163 cm³/mol. The van der Waals surface area contributed by atoms with Crippen molar-refractivity contribution < 1.29 is 31.9 Å². The summed E-state index contributed by atoms with van der Waals surface area (Å²) >= 11 is 0. The number of carbonyl (C=O) groups excluding carboxylic acids is 2. The molecule has 1 amide bonds. The van der Waals surface area contributed by atoms with Crippen LogP contribution in [0.4, 0.5) is 28.9 Å². The SMILES string of the molecule is COC(=O)c1cccc(F)c1C#Cc1ccc(C(=O)Nc2ccc(C)c(C(F)(F)F)c2)c(-c2ccc(NC3CCCC3)cc2)n1. The first-order chi connectivity index (χ1) is 21.5. The first-order valence-electron chi connectivity index (χ1n) is 14.3. The van der Waals surface area contributed by atoms with Crippen LogP contribution in [0, 0.1) is 24.6 Å². The summed E-state index contributed by atoms with van der Waals surface area (Å²) in [4.78, 5) is 30.2. The van der Waals surface area contributed by atoms with Gasteiger partial charge < -0.3 is 15.4 Å². The van der Waals surface area contributed by atoms with Crippen LogP contribution in [0.5, 0.6) is 0 Å². The summed E-state index contributed by atoms with van der Waals surface area (Å²) in [7, 11) is 1.18. The fourth-order valence-corrected chi connectivity index (χ4v) is 5.22. The number of ether oxygens (including phenoxy) is 1. The molecule has 1 aromatic heterocycles. The zero-order valence-corrected chi connectivity index (χ0v) is 24.5. The molecule has 6 nitrogen and oxygen atoms in total. The molecule has 1 saturated carbocycles. The van der Waals surface area contributed by atoms with Crippen LogP contribution < -0.4 is 10.6 Å². The first kappa shape index (κ1) is 31.3. The second-order valence-electron chi connectivity index (χ2n) is 10.7. The molecule has 2 N–H and O–H groups in total. The molecular weight excluding hydrogens is 586 g/mol. The quantitative estimate of drug-likeness (QED) is 0.131. The van der Waals surface area contributed by atoms with Crippen LogP contribution in [0.2, 0.25) is 0 Å². The lowest BCUT2D eigenvalue weighted by atomic mass is 10.0. The summed E-state index contributed by atoms with van der Waals surface area (Å²) in [6.07, 6.45) is -0.0683. The lowest BCUT2D eigenvalue weighted by Crippen LogP contribution is -2.16. The second-order valence-corrected chi connectivity index (χ2v) is 10.7. The van der Waals surface area contributed by atoms with E-state index in [1.807, 2.05) is 12.1 Å². The Labute approximate surface area is 257 Å². The minimum Gasteiger partial charge on any atom is -0.465 e. The van der Waals surface area contributed by atoms with Gasteiger partial charge >= 0.3 is 12.1 Å². The number of rotatable bonds is 6. The maximum absolute atomic E-state index is 14.6.